The van der Waals surface area contributed by atoms with E-state index in [1.54, 1.807) is 21.3 Å². The number of nitrogens with one attached hydrogen (secondary N) is 1. The number of methoxy groups -OCH3 is 3. The van der Waals surface area contributed by atoms with Gasteiger partial charge in [-0.1, -0.05) is 75.7 Å². The molecular weight excluding hydrogens is 851 g/mol. The fraction of sp³-hybridized carbons (Fsp3) is 0.556. The van der Waals surface area contributed by atoms with Crippen molar-refractivity contribution in [3.8, 4) is 17.2 Å². The lowest BCUT2D eigenvalue weighted by molar-refractivity contribution is -0.157. The van der Waals surface area contributed by atoms with Crippen LogP contribution in [0, 0.1) is 23.2 Å². The number of benzene rings is 3. The number of carboxylic acids is 1. The average molecular weight is 926 g/mol. The summed E-state index contributed by atoms with van der Waals surface area (Å²) >= 11 is 0. The molecule has 2 amide bonds. The number of fused-ring (bicyclic) bond motifs is 2. The molecule has 0 radical (unpaired) electrons. The smallest absolute Gasteiger partial charge is 0.306 e. The van der Waals surface area contributed by atoms with E-state index in [9.17, 15) is 24.3 Å². The van der Waals surface area contributed by atoms with Crippen LogP contribution in [-0.4, -0.2) is 112 Å². The van der Waals surface area contributed by atoms with Crippen LogP contribution in [0.1, 0.15) is 108 Å². The van der Waals surface area contributed by atoms with Crippen molar-refractivity contribution in [2.75, 3.05) is 73.8 Å². The van der Waals surface area contributed by atoms with Gasteiger partial charge in [0.15, 0.2) is 0 Å². The number of hydrogen-bond acceptors (Lipinski definition) is 10. The van der Waals surface area contributed by atoms with Crippen LogP contribution in [-0.2, 0) is 34.3 Å². The van der Waals surface area contributed by atoms with Gasteiger partial charge in [-0.15, -0.1) is 0 Å². The second-order valence-corrected chi connectivity index (χ2v) is 18.1. The molecule has 13 nitrogen and oxygen atoms in total. The normalized spacial score (nSPS) is 18.2. The second kappa shape index (κ2) is 26.2. The van der Waals surface area contributed by atoms with Crippen molar-refractivity contribution in [3.63, 3.8) is 0 Å². The molecule has 3 aromatic carbocycles. The Morgan fingerprint density at radius 2 is 1.24 bits per heavy atom. The topological polar surface area (TPSA) is 153 Å². The van der Waals surface area contributed by atoms with E-state index in [1.165, 1.54) is 26.1 Å². The summed E-state index contributed by atoms with van der Waals surface area (Å²) in [4.78, 5) is 54.4. The standard InChI is InChI=1S/C48H60N2O10.C6H15N/c1-56-40-16-10-37(11-17-40)48(38-12-18-41(57-2)19-13-38,39-14-20-42(58-3)21-15-39)60-33-47(32-59-46(55)23-22-45(53)54)24-27-50(28-25-47)44(52)7-5-4-6-26-49-43(51)31-36-30-34-8-9-35(36)29-34;1-4-7(5-2)6-3/h8-21,34-36H,4-7,22-33H2,1-3H3,(H,49,51)(H,53,54);4-6H2,1-3H3. The molecule has 0 aromatic heterocycles. The molecule has 67 heavy (non-hydrogen) atoms. The van der Waals surface area contributed by atoms with Crippen molar-refractivity contribution >= 4 is 23.8 Å². The van der Waals surface area contributed by atoms with E-state index >= 15 is 0 Å². The van der Waals surface area contributed by atoms with Gasteiger partial charge >= 0.3 is 11.9 Å². The number of allylic oxidation sites excluding steroid dienone is 2. The Morgan fingerprint density at radius 1 is 0.701 bits per heavy atom. The molecule has 13 heteroatoms. The zero-order valence-electron chi connectivity index (χ0n) is 40.8. The molecule has 366 valence electrons. The zero-order valence-corrected chi connectivity index (χ0v) is 40.8. The molecule has 3 unspecified atom stereocenters. The van der Waals surface area contributed by atoms with Crippen LogP contribution < -0.4 is 19.5 Å². The molecule has 2 bridgehead atoms. The summed E-state index contributed by atoms with van der Waals surface area (Å²) in [5, 5.41) is 12.3. The number of piperidine rings is 1. The number of likely N-dealkylation sites (tertiary alicyclic amines) is 1. The van der Waals surface area contributed by atoms with Crippen LogP contribution in [0.15, 0.2) is 84.9 Å². The lowest BCUT2D eigenvalue weighted by Crippen LogP contribution is -2.49. The molecule has 3 aliphatic rings. The van der Waals surface area contributed by atoms with Gasteiger partial charge in [-0.05, 0) is 129 Å². The number of esters is 1. The molecule has 2 N–H and O–H groups in total. The maximum Gasteiger partial charge on any atom is 0.306 e. The summed E-state index contributed by atoms with van der Waals surface area (Å²) in [5.74, 6) is 2.26. The highest BCUT2D eigenvalue weighted by Crippen LogP contribution is 2.46. The van der Waals surface area contributed by atoms with Crippen molar-refractivity contribution < 1.29 is 48.0 Å². The largest absolute Gasteiger partial charge is 0.497 e. The highest BCUT2D eigenvalue weighted by molar-refractivity contribution is 5.77. The van der Waals surface area contributed by atoms with Crippen LogP contribution >= 0.6 is 0 Å². The molecular formula is C54H75N3O10. The van der Waals surface area contributed by atoms with Gasteiger partial charge < -0.3 is 43.9 Å². The van der Waals surface area contributed by atoms with Crippen molar-refractivity contribution in [2.45, 2.75) is 97.0 Å². The van der Waals surface area contributed by atoms with Gasteiger partial charge in [-0.3, -0.25) is 19.2 Å². The average Bonchev–Trinajstić information content (AvgIpc) is 3.99. The van der Waals surface area contributed by atoms with Crippen molar-refractivity contribution in [3.05, 3.63) is 102 Å². The van der Waals surface area contributed by atoms with Gasteiger partial charge in [-0.25, -0.2) is 0 Å². The van der Waals surface area contributed by atoms with Gasteiger partial charge in [0.05, 0.1) is 47.4 Å². The van der Waals surface area contributed by atoms with E-state index in [0.717, 1.165) is 42.4 Å². The van der Waals surface area contributed by atoms with E-state index in [4.69, 9.17) is 23.7 Å². The number of carbonyl (C=O) groups excluding carboxylic acids is 3. The number of rotatable bonds is 25. The van der Waals surface area contributed by atoms with Crippen molar-refractivity contribution in [1.29, 1.82) is 0 Å². The molecule has 2 aliphatic carbocycles. The molecule has 3 atom stereocenters. The SMILES string of the molecule is CCN(CC)CC.COc1ccc(C(OCC2(COC(=O)CCC(=O)O)CCN(C(=O)CCCCCNC(=O)CC3CC4C=CC3C4)CC2)(c2ccc(OC)cc2)c2ccc(OC)cc2)cc1. The van der Waals surface area contributed by atoms with Gasteiger partial charge in [0, 0.05) is 37.9 Å². The predicted molar refractivity (Wildman–Crippen MR) is 259 cm³/mol. The minimum Gasteiger partial charge on any atom is -0.497 e. The molecule has 2 fully saturated rings. The molecule has 6 rings (SSSR count). The molecule has 1 heterocycles. The summed E-state index contributed by atoms with van der Waals surface area (Å²) in [6.07, 6.45) is 10.7. The van der Waals surface area contributed by atoms with Gasteiger partial charge in [0.25, 0.3) is 0 Å². The first kappa shape index (κ1) is 52.6. The minimum absolute atomic E-state index is 0.00179. The second-order valence-electron chi connectivity index (χ2n) is 18.1. The Labute approximate surface area is 398 Å². The maximum atomic E-state index is 13.5. The monoisotopic (exact) mass is 926 g/mol. The van der Waals surface area contributed by atoms with E-state index in [-0.39, 0.29) is 37.9 Å². The van der Waals surface area contributed by atoms with E-state index in [2.05, 4.69) is 43.1 Å². The molecule has 1 aliphatic heterocycles. The summed E-state index contributed by atoms with van der Waals surface area (Å²) in [5.41, 5.74) is 0.636. The quantitative estimate of drug-likeness (QED) is 0.0363. The molecule has 1 saturated carbocycles. The number of amides is 2. The lowest BCUT2D eigenvalue weighted by atomic mass is 9.77. The Hall–Kier alpha value is -5.40. The van der Waals surface area contributed by atoms with Crippen LogP contribution in [0.3, 0.4) is 0 Å². The van der Waals surface area contributed by atoms with Gasteiger partial charge in [-0.2, -0.15) is 0 Å². The Bertz CT molecular complexity index is 1900. The van der Waals surface area contributed by atoms with E-state index in [0.29, 0.717) is 80.3 Å². The Balaban J connectivity index is 0.00000111. The number of unbranched alkanes of at least 4 members (excludes halogenated alkanes) is 2. The summed E-state index contributed by atoms with van der Waals surface area (Å²) in [6, 6.07) is 23.1. The first-order valence-electron chi connectivity index (χ1n) is 24.3. The molecule has 0 spiro atoms. The number of hydrogen-bond donors (Lipinski definition) is 2. The third kappa shape index (κ3) is 14.8. The van der Waals surface area contributed by atoms with E-state index < -0.39 is 23.0 Å². The first-order chi connectivity index (χ1) is 32.4. The highest BCUT2D eigenvalue weighted by atomic mass is 16.5. The van der Waals surface area contributed by atoms with Crippen molar-refractivity contribution in [2.24, 2.45) is 23.2 Å². The number of nitrogens with zero attached hydrogens (tertiary/aromatic N) is 2. The first-order valence-corrected chi connectivity index (χ1v) is 24.3. The highest BCUT2D eigenvalue weighted by Gasteiger charge is 2.44. The maximum absolute atomic E-state index is 13.5. The molecule has 3 aromatic rings. The molecule has 1 saturated heterocycles. The summed E-state index contributed by atoms with van der Waals surface area (Å²) < 4.78 is 29.6. The van der Waals surface area contributed by atoms with Crippen LogP contribution in [0.5, 0.6) is 17.2 Å². The number of ether oxygens (including phenoxy) is 5. The van der Waals surface area contributed by atoms with Crippen LogP contribution in [0.2, 0.25) is 0 Å². The van der Waals surface area contributed by atoms with Gasteiger partial charge in [0.2, 0.25) is 11.8 Å². The Kier molecular flexibility index (Phi) is 20.6. The predicted octanol–water partition coefficient (Wildman–Crippen LogP) is 8.66. The number of carboxylic acid groups (broad SMARTS) is 1. The van der Waals surface area contributed by atoms with Gasteiger partial charge in [0.1, 0.15) is 22.8 Å². The fourth-order valence-corrected chi connectivity index (χ4v) is 9.64. The van der Waals surface area contributed by atoms with E-state index in [1.807, 2.05) is 77.7 Å². The summed E-state index contributed by atoms with van der Waals surface area (Å²) in [6.45, 7) is 11.8. The third-order valence-electron chi connectivity index (χ3n) is 13.9. The third-order valence-corrected chi connectivity index (χ3v) is 13.9. The Morgan fingerprint density at radius 3 is 1.67 bits per heavy atom. The lowest BCUT2D eigenvalue weighted by Gasteiger charge is -2.44. The summed E-state index contributed by atoms with van der Waals surface area (Å²) in [7, 11) is 4.85. The van der Waals surface area contributed by atoms with Crippen LogP contribution in [0.4, 0.5) is 0 Å². The number of aliphatic carboxylic acids is 1. The fourth-order valence-electron chi connectivity index (χ4n) is 9.64. The van der Waals surface area contributed by atoms with Crippen LogP contribution in [0.25, 0.3) is 0 Å². The zero-order chi connectivity index (χ0) is 48.2. The van der Waals surface area contributed by atoms with Crippen molar-refractivity contribution in [1.82, 2.24) is 15.1 Å². The number of carbonyl (C=O) groups is 4. The minimum atomic E-state index is -1.16.